The standard InChI is InChI=1S/C8H13N3S2/c1-6-5-13-8(10-6)4-11(2)3-7(9)12/h5H,3-4H2,1-2H3,(H2,9,12). The van der Waals surface area contributed by atoms with E-state index in [1.807, 2.05) is 19.4 Å². The third-order valence-corrected chi connectivity index (χ3v) is 2.58. The SMILES string of the molecule is Cc1csc(CN(C)CC(N)=S)n1. The van der Waals surface area contributed by atoms with Gasteiger partial charge < -0.3 is 5.73 Å². The molecule has 0 aliphatic rings. The van der Waals surface area contributed by atoms with Crippen molar-refractivity contribution in [3.05, 3.63) is 16.1 Å². The molecule has 0 unspecified atom stereocenters. The van der Waals surface area contributed by atoms with Crippen LogP contribution in [0.25, 0.3) is 0 Å². The van der Waals surface area contributed by atoms with Gasteiger partial charge in [-0.15, -0.1) is 11.3 Å². The minimum absolute atomic E-state index is 0.524. The summed E-state index contributed by atoms with van der Waals surface area (Å²) in [6.45, 7) is 3.46. The molecule has 0 radical (unpaired) electrons. The molecule has 1 heterocycles. The molecule has 0 atom stereocenters. The smallest absolute Gasteiger partial charge is 0.107 e. The van der Waals surface area contributed by atoms with E-state index < -0.39 is 0 Å². The summed E-state index contributed by atoms with van der Waals surface area (Å²) in [6.07, 6.45) is 0. The lowest BCUT2D eigenvalue weighted by Crippen LogP contribution is -2.28. The van der Waals surface area contributed by atoms with Gasteiger partial charge in [0.25, 0.3) is 0 Å². The van der Waals surface area contributed by atoms with Crippen molar-refractivity contribution in [2.75, 3.05) is 13.6 Å². The summed E-state index contributed by atoms with van der Waals surface area (Å²) >= 11 is 6.48. The molecule has 0 aliphatic heterocycles. The fourth-order valence-electron chi connectivity index (χ4n) is 1.03. The Hall–Kier alpha value is -0.520. The molecule has 2 N–H and O–H groups in total. The van der Waals surface area contributed by atoms with Gasteiger partial charge in [0.2, 0.25) is 0 Å². The number of aromatic nitrogens is 1. The van der Waals surface area contributed by atoms with E-state index in [9.17, 15) is 0 Å². The van der Waals surface area contributed by atoms with Crippen LogP contribution < -0.4 is 5.73 Å². The van der Waals surface area contributed by atoms with Crippen LogP contribution in [0.1, 0.15) is 10.7 Å². The van der Waals surface area contributed by atoms with Gasteiger partial charge in [-0.2, -0.15) is 0 Å². The maximum absolute atomic E-state index is 5.42. The summed E-state index contributed by atoms with van der Waals surface area (Å²) in [5, 5.41) is 3.15. The maximum Gasteiger partial charge on any atom is 0.107 e. The van der Waals surface area contributed by atoms with Crippen LogP contribution >= 0.6 is 23.6 Å². The van der Waals surface area contributed by atoms with Gasteiger partial charge in [0, 0.05) is 17.6 Å². The molecule has 0 saturated heterocycles. The average molecular weight is 215 g/mol. The van der Waals surface area contributed by atoms with Gasteiger partial charge in [-0.25, -0.2) is 4.98 Å². The molecule has 72 valence electrons. The Morgan fingerprint density at radius 1 is 1.77 bits per heavy atom. The third kappa shape index (κ3) is 3.80. The van der Waals surface area contributed by atoms with E-state index in [1.165, 1.54) is 0 Å². The predicted molar refractivity (Wildman–Crippen MR) is 60.0 cm³/mol. The highest BCUT2D eigenvalue weighted by Gasteiger charge is 2.04. The molecule has 5 heteroatoms. The molecular weight excluding hydrogens is 202 g/mol. The van der Waals surface area contributed by atoms with Gasteiger partial charge in [-0.1, -0.05) is 12.2 Å². The first-order chi connectivity index (χ1) is 6.08. The third-order valence-electron chi connectivity index (χ3n) is 1.50. The number of nitrogens with zero attached hydrogens (tertiary/aromatic N) is 2. The van der Waals surface area contributed by atoms with Crippen molar-refractivity contribution in [2.45, 2.75) is 13.5 Å². The van der Waals surface area contributed by atoms with Gasteiger partial charge in [0.1, 0.15) is 5.01 Å². The van der Waals surface area contributed by atoms with Crippen LogP contribution in [0.5, 0.6) is 0 Å². The molecule has 1 aromatic rings. The summed E-state index contributed by atoms with van der Waals surface area (Å²) in [7, 11) is 1.98. The van der Waals surface area contributed by atoms with Crippen molar-refractivity contribution in [2.24, 2.45) is 5.73 Å². The lowest BCUT2D eigenvalue weighted by molar-refractivity contribution is 0.374. The molecule has 0 amide bonds. The van der Waals surface area contributed by atoms with Crippen LogP contribution in [-0.4, -0.2) is 28.5 Å². The topological polar surface area (TPSA) is 42.1 Å². The van der Waals surface area contributed by atoms with Crippen LogP contribution in [0.2, 0.25) is 0 Å². The van der Waals surface area contributed by atoms with E-state index in [1.54, 1.807) is 11.3 Å². The Bertz CT molecular complexity index is 295. The molecule has 3 nitrogen and oxygen atoms in total. The monoisotopic (exact) mass is 215 g/mol. The van der Waals surface area contributed by atoms with Gasteiger partial charge >= 0.3 is 0 Å². The fourth-order valence-corrected chi connectivity index (χ4v) is 2.10. The van der Waals surface area contributed by atoms with Gasteiger partial charge in [-0.05, 0) is 14.0 Å². The highest BCUT2D eigenvalue weighted by atomic mass is 32.1. The average Bonchev–Trinajstić information content (AvgIpc) is 2.33. The number of likely N-dealkylation sites (N-methyl/N-ethyl adjacent to an activating group) is 1. The zero-order chi connectivity index (χ0) is 9.84. The minimum Gasteiger partial charge on any atom is -0.392 e. The van der Waals surface area contributed by atoms with Crippen LogP contribution in [0, 0.1) is 6.92 Å². The van der Waals surface area contributed by atoms with Crippen molar-refractivity contribution < 1.29 is 0 Å². The number of nitrogens with two attached hydrogens (primary N) is 1. The van der Waals surface area contributed by atoms with E-state index in [0.717, 1.165) is 17.2 Å². The quantitative estimate of drug-likeness (QED) is 0.766. The number of hydrogen-bond acceptors (Lipinski definition) is 4. The molecule has 0 aliphatic carbocycles. The van der Waals surface area contributed by atoms with E-state index >= 15 is 0 Å². The van der Waals surface area contributed by atoms with Crippen molar-refractivity contribution in [3.63, 3.8) is 0 Å². The molecule has 0 spiro atoms. The number of thiazole rings is 1. The number of hydrogen-bond donors (Lipinski definition) is 1. The zero-order valence-electron chi connectivity index (χ0n) is 7.78. The maximum atomic E-state index is 5.42. The van der Waals surface area contributed by atoms with Crippen LogP contribution in [0.4, 0.5) is 0 Å². The molecule has 13 heavy (non-hydrogen) atoms. The van der Waals surface area contributed by atoms with E-state index in [2.05, 4.69) is 9.88 Å². The van der Waals surface area contributed by atoms with Crippen LogP contribution in [0.15, 0.2) is 5.38 Å². The van der Waals surface area contributed by atoms with E-state index in [-0.39, 0.29) is 0 Å². The van der Waals surface area contributed by atoms with Crippen molar-refractivity contribution in [3.8, 4) is 0 Å². The number of rotatable bonds is 4. The normalized spacial score (nSPS) is 10.7. The van der Waals surface area contributed by atoms with Gasteiger partial charge in [0.05, 0.1) is 11.5 Å². The van der Waals surface area contributed by atoms with Crippen LogP contribution in [0.3, 0.4) is 0 Å². The first-order valence-electron chi connectivity index (χ1n) is 3.96. The molecule has 1 aromatic heterocycles. The summed E-state index contributed by atoms with van der Waals surface area (Å²) < 4.78 is 0. The predicted octanol–water partition coefficient (Wildman–Crippen LogP) is 1.17. The second-order valence-electron chi connectivity index (χ2n) is 3.02. The Balaban J connectivity index is 2.44. The zero-order valence-corrected chi connectivity index (χ0v) is 9.41. The summed E-state index contributed by atoms with van der Waals surface area (Å²) in [4.78, 5) is 6.93. The Labute approximate surface area is 87.6 Å². The number of thiocarbonyl (C=S) groups is 1. The molecule has 0 aromatic carbocycles. The Kier molecular flexibility index (Phi) is 3.77. The molecule has 0 bridgehead atoms. The van der Waals surface area contributed by atoms with Gasteiger partial charge in [-0.3, -0.25) is 4.90 Å². The minimum atomic E-state index is 0.524. The highest BCUT2D eigenvalue weighted by Crippen LogP contribution is 2.10. The van der Waals surface area contributed by atoms with Crippen LogP contribution in [-0.2, 0) is 6.54 Å². The van der Waals surface area contributed by atoms with Crippen molar-refractivity contribution in [1.82, 2.24) is 9.88 Å². The molecule has 0 fully saturated rings. The van der Waals surface area contributed by atoms with Crippen molar-refractivity contribution in [1.29, 1.82) is 0 Å². The second kappa shape index (κ2) is 4.64. The van der Waals surface area contributed by atoms with Crippen molar-refractivity contribution >= 4 is 28.5 Å². The first kappa shape index (κ1) is 10.6. The Morgan fingerprint density at radius 2 is 2.46 bits per heavy atom. The lowest BCUT2D eigenvalue weighted by atomic mass is 10.5. The summed E-state index contributed by atoms with van der Waals surface area (Å²) in [5.74, 6) is 0. The molecule has 0 saturated carbocycles. The molecule has 1 rings (SSSR count). The summed E-state index contributed by atoms with van der Waals surface area (Å²) in [5.41, 5.74) is 6.50. The van der Waals surface area contributed by atoms with E-state index in [0.29, 0.717) is 11.5 Å². The van der Waals surface area contributed by atoms with E-state index in [4.69, 9.17) is 18.0 Å². The summed E-state index contributed by atoms with van der Waals surface area (Å²) in [6, 6.07) is 0. The second-order valence-corrected chi connectivity index (χ2v) is 4.49. The first-order valence-corrected chi connectivity index (χ1v) is 5.24. The lowest BCUT2D eigenvalue weighted by Gasteiger charge is -2.13. The largest absolute Gasteiger partial charge is 0.392 e. The Morgan fingerprint density at radius 3 is 2.92 bits per heavy atom. The fraction of sp³-hybridized carbons (Fsp3) is 0.500. The highest BCUT2D eigenvalue weighted by molar-refractivity contribution is 7.80. The van der Waals surface area contributed by atoms with Gasteiger partial charge in [0.15, 0.2) is 0 Å². The number of aryl methyl sites for hydroxylation is 1. The molecular formula is C8H13N3S2.